The van der Waals surface area contributed by atoms with E-state index in [1.54, 1.807) is 0 Å². The maximum Gasteiger partial charge on any atom is 0.430 e. The van der Waals surface area contributed by atoms with Gasteiger partial charge in [0, 0.05) is 28.8 Å². The second kappa shape index (κ2) is 7.65. The first-order valence-corrected chi connectivity index (χ1v) is 9.45. The Morgan fingerprint density at radius 3 is 2.16 bits per heavy atom. The normalized spacial score (nSPS) is 14.7. The van der Waals surface area contributed by atoms with Crippen LogP contribution in [0.2, 0.25) is 0 Å². The number of Topliss-reactive ketones (excluding diaryl/α,β-unsaturated/α-hetero) is 1. The average Bonchev–Trinajstić information content (AvgIpc) is 3.01. The molecule has 0 bridgehead atoms. The number of hydrogen-bond donors (Lipinski definition) is 2. The molecule has 1 aliphatic rings. The highest BCUT2D eigenvalue weighted by Gasteiger charge is 2.71. The maximum absolute atomic E-state index is 13.0. The topological polar surface area (TPSA) is 90.2 Å². The number of rotatable bonds is 3. The van der Waals surface area contributed by atoms with Crippen molar-refractivity contribution in [2.75, 3.05) is 5.32 Å². The highest BCUT2D eigenvalue weighted by Crippen LogP contribution is 2.50. The van der Waals surface area contributed by atoms with E-state index in [4.69, 9.17) is 0 Å². The molecular formula is C19H12F6N2O3S. The molecule has 5 nitrogen and oxygen atoms in total. The first-order chi connectivity index (χ1) is 14.3. The fourth-order valence-corrected chi connectivity index (χ4v) is 4.41. The zero-order chi connectivity index (χ0) is 23.2. The number of fused-ring (bicyclic) bond motifs is 1. The number of hydrogen-bond acceptors (Lipinski definition) is 5. The lowest BCUT2D eigenvalue weighted by molar-refractivity contribution is -0.376. The molecule has 0 fully saturated rings. The molecule has 0 unspecified atom stereocenters. The Labute approximate surface area is 174 Å². The Balaban J connectivity index is 1.89. The lowest BCUT2D eigenvalue weighted by Crippen LogP contribution is -2.53. The third-order valence-corrected chi connectivity index (χ3v) is 5.97. The Kier molecular flexibility index (Phi) is 5.62. The first-order valence-electron chi connectivity index (χ1n) is 8.63. The number of thiophene rings is 1. The van der Waals surface area contributed by atoms with Crippen molar-refractivity contribution in [3.8, 4) is 6.07 Å². The van der Waals surface area contributed by atoms with Gasteiger partial charge in [-0.3, -0.25) is 9.59 Å². The Morgan fingerprint density at radius 2 is 1.65 bits per heavy atom. The molecule has 1 aliphatic carbocycles. The van der Waals surface area contributed by atoms with E-state index in [2.05, 4.69) is 5.32 Å². The van der Waals surface area contributed by atoms with Gasteiger partial charge in [-0.05, 0) is 24.1 Å². The van der Waals surface area contributed by atoms with Crippen molar-refractivity contribution in [2.45, 2.75) is 37.2 Å². The van der Waals surface area contributed by atoms with Gasteiger partial charge in [0.05, 0.1) is 5.56 Å². The molecule has 2 N–H and O–H groups in total. The summed E-state index contributed by atoms with van der Waals surface area (Å²) in [7, 11) is 0. The number of nitrogens with zero attached hydrogens (tertiary/aromatic N) is 1. The minimum Gasteiger partial charge on any atom is -0.369 e. The number of nitrogens with one attached hydrogen (secondary N) is 1. The number of halogens is 6. The zero-order valence-corrected chi connectivity index (χ0v) is 16.1. The van der Waals surface area contributed by atoms with Crippen molar-refractivity contribution in [1.82, 2.24) is 0 Å². The Hall–Kier alpha value is -2.91. The van der Waals surface area contributed by atoms with Crippen molar-refractivity contribution in [1.29, 1.82) is 5.26 Å². The highest BCUT2D eigenvalue weighted by molar-refractivity contribution is 7.16. The van der Waals surface area contributed by atoms with Gasteiger partial charge in [0.2, 0.25) is 0 Å². The molecule has 164 valence electrons. The van der Waals surface area contributed by atoms with E-state index in [1.165, 1.54) is 0 Å². The summed E-state index contributed by atoms with van der Waals surface area (Å²) in [5.74, 6) is -0.899. The molecule has 31 heavy (non-hydrogen) atoms. The van der Waals surface area contributed by atoms with Gasteiger partial charge >= 0.3 is 12.4 Å². The van der Waals surface area contributed by atoms with Gasteiger partial charge in [-0.1, -0.05) is 12.1 Å². The van der Waals surface area contributed by atoms with Gasteiger partial charge in [-0.25, -0.2) is 0 Å². The number of nitriles is 1. The van der Waals surface area contributed by atoms with Crippen LogP contribution in [0.3, 0.4) is 0 Å². The average molecular weight is 462 g/mol. The van der Waals surface area contributed by atoms with Crippen molar-refractivity contribution in [2.24, 2.45) is 0 Å². The van der Waals surface area contributed by atoms with Crippen LogP contribution >= 0.6 is 11.3 Å². The van der Waals surface area contributed by atoms with Gasteiger partial charge in [0.1, 0.15) is 16.9 Å². The summed E-state index contributed by atoms with van der Waals surface area (Å²) >= 11 is 1.01. The Bertz CT molecular complexity index is 1070. The van der Waals surface area contributed by atoms with Crippen molar-refractivity contribution in [3.63, 3.8) is 0 Å². The second-order valence-corrected chi connectivity index (χ2v) is 7.88. The predicted molar refractivity (Wildman–Crippen MR) is 96.5 cm³/mol. The number of carbonyl (C=O) groups is 2. The monoisotopic (exact) mass is 462 g/mol. The summed E-state index contributed by atoms with van der Waals surface area (Å²) in [5, 5.41) is 21.3. The minimum absolute atomic E-state index is 0.0199. The van der Waals surface area contributed by atoms with Crippen LogP contribution in [0.15, 0.2) is 24.3 Å². The molecule has 1 amide bonds. The molecule has 0 spiro atoms. The summed E-state index contributed by atoms with van der Waals surface area (Å²) in [6.07, 6.45) is -11.4. The molecule has 3 rings (SSSR count). The van der Waals surface area contributed by atoms with E-state index in [-0.39, 0.29) is 34.8 Å². The molecule has 0 saturated carbocycles. The van der Waals surface area contributed by atoms with Crippen molar-refractivity contribution >= 4 is 28.0 Å². The second-order valence-electron chi connectivity index (χ2n) is 6.77. The number of aliphatic hydroxyl groups is 1. The summed E-state index contributed by atoms with van der Waals surface area (Å²) in [6.45, 7) is 0. The predicted octanol–water partition coefficient (Wildman–Crippen LogP) is 4.24. The molecule has 0 saturated heterocycles. The van der Waals surface area contributed by atoms with Crippen molar-refractivity contribution < 1.29 is 41.0 Å². The van der Waals surface area contributed by atoms with E-state index in [9.17, 15) is 46.3 Å². The summed E-state index contributed by atoms with van der Waals surface area (Å²) < 4.78 is 77.7. The molecule has 1 heterocycles. The lowest BCUT2D eigenvalue weighted by atomic mass is 9.91. The van der Waals surface area contributed by atoms with Crippen LogP contribution in [0.5, 0.6) is 0 Å². The molecule has 0 aliphatic heterocycles. The van der Waals surface area contributed by atoms with Crippen LogP contribution in [0, 0.1) is 11.3 Å². The summed E-state index contributed by atoms with van der Waals surface area (Å²) in [5.41, 5.74) is -6.07. The minimum atomic E-state index is -6.04. The van der Waals surface area contributed by atoms with E-state index in [1.807, 2.05) is 6.07 Å². The SMILES string of the molecule is N#Cc1c(NC(=O)c2ccc(C(O)(C(F)(F)F)C(F)(F)F)cc2)sc2c1CCC(=O)C2. The number of benzene rings is 1. The summed E-state index contributed by atoms with van der Waals surface area (Å²) in [6, 6.07) is 4.07. The van der Waals surface area contributed by atoms with Crippen molar-refractivity contribution in [3.05, 3.63) is 51.4 Å². The van der Waals surface area contributed by atoms with E-state index in [0.29, 0.717) is 41.1 Å². The van der Waals surface area contributed by atoms with Crippen LogP contribution in [-0.2, 0) is 23.2 Å². The van der Waals surface area contributed by atoms with E-state index >= 15 is 0 Å². The van der Waals surface area contributed by atoms with Gasteiger partial charge in [-0.15, -0.1) is 11.3 Å². The molecule has 12 heteroatoms. The third-order valence-electron chi connectivity index (χ3n) is 4.83. The maximum atomic E-state index is 13.0. The summed E-state index contributed by atoms with van der Waals surface area (Å²) in [4.78, 5) is 24.6. The first kappa shape index (κ1) is 22.8. The van der Waals surface area contributed by atoms with Crippen LogP contribution in [0.1, 0.15) is 38.3 Å². The fourth-order valence-electron chi connectivity index (χ4n) is 3.18. The standard InChI is InChI=1S/C19H12F6N2O3S/c20-18(21,22)17(30,19(23,24)25)10-3-1-9(2-4-10)15(29)27-16-13(8-26)12-6-5-11(28)7-14(12)31-16/h1-4,30H,5-7H2,(H,27,29). The largest absolute Gasteiger partial charge is 0.430 e. The number of alkyl halides is 6. The molecule has 2 aromatic rings. The van der Waals surface area contributed by atoms with Crippen LogP contribution < -0.4 is 5.32 Å². The highest BCUT2D eigenvalue weighted by atomic mass is 32.1. The van der Waals surface area contributed by atoms with Gasteiger partial charge < -0.3 is 10.4 Å². The molecule has 1 aromatic carbocycles. The lowest BCUT2D eigenvalue weighted by Gasteiger charge is -2.32. The molecular weight excluding hydrogens is 450 g/mol. The van der Waals surface area contributed by atoms with Gasteiger partial charge in [0.15, 0.2) is 0 Å². The number of ketones is 1. The number of carbonyl (C=O) groups excluding carboxylic acids is 2. The molecule has 1 aromatic heterocycles. The van der Waals surface area contributed by atoms with Crippen LogP contribution in [0.4, 0.5) is 31.3 Å². The van der Waals surface area contributed by atoms with E-state index in [0.717, 1.165) is 11.3 Å². The molecule has 0 radical (unpaired) electrons. The third kappa shape index (κ3) is 3.90. The molecule has 0 atom stereocenters. The Morgan fingerprint density at radius 1 is 1.06 bits per heavy atom. The fraction of sp³-hybridized carbons (Fsp3) is 0.316. The number of amides is 1. The van der Waals surface area contributed by atoms with E-state index < -0.39 is 29.4 Å². The number of anilines is 1. The van der Waals surface area contributed by atoms with Gasteiger partial charge in [0.25, 0.3) is 11.5 Å². The quantitative estimate of drug-likeness (QED) is 0.668. The van der Waals surface area contributed by atoms with Crippen LogP contribution in [-0.4, -0.2) is 29.1 Å². The zero-order valence-electron chi connectivity index (χ0n) is 15.3. The smallest absolute Gasteiger partial charge is 0.369 e. The van der Waals surface area contributed by atoms with Crippen LogP contribution in [0.25, 0.3) is 0 Å². The van der Waals surface area contributed by atoms with Gasteiger partial charge in [-0.2, -0.15) is 31.6 Å².